The number of carbonyl (C=O) groups excluding carboxylic acids is 2. The van der Waals surface area contributed by atoms with Gasteiger partial charge in [0, 0.05) is 17.1 Å². The van der Waals surface area contributed by atoms with Crippen LogP contribution in [0.4, 0.5) is 10.1 Å². The molecule has 0 spiro atoms. The molecule has 2 amide bonds. The zero-order chi connectivity index (χ0) is 27.5. The maximum atomic E-state index is 14.1. The van der Waals surface area contributed by atoms with Gasteiger partial charge in [-0.3, -0.25) is 9.59 Å². The van der Waals surface area contributed by atoms with Gasteiger partial charge in [-0.25, -0.2) is 4.39 Å². The third-order valence-electron chi connectivity index (χ3n) is 6.86. The van der Waals surface area contributed by atoms with Crippen molar-refractivity contribution in [2.45, 2.75) is 18.5 Å². The zero-order valence-electron chi connectivity index (χ0n) is 21.4. The van der Waals surface area contributed by atoms with Crippen molar-refractivity contribution in [1.82, 2.24) is 4.90 Å². The molecular weight excluding hydrogens is 519 g/mol. The summed E-state index contributed by atoms with van der Waals surface area (Å²) in [4.78, 5) is 29.7. The van der Waals surface area contributed by atoms with Gasteiger partial charge < -0.3 is 19.7 Å². The highest BCUT2D eigenvalue weighted by Crippen LogP contribution is 2.45. The number of fused-ring (bicyclic) bond motifs is 1. The van der Waals surface area contributed by atoms with Crippen molar-refractivity contribution in [3.8, 4) is 11.5 Å². The number of nitrogens with zero attached hydrogens (tertiary/aromatic N) is 1. The average molecular weight is 545 g/mol. The second-order valence-corrected chi connectivity index (χ2v) is 9.61. The monoisotopic (exact) mass is 544 g/mol. The average Bonchev–Trinajstić information content (AvgIpc) is 2.95. The molecule has 5 rings (SSSR count). The Kier molecular flexibility index (Phi) is 7.52. The smallest absolute Gasteiger partial charge is 0.255 e. The first-order valence-corrected chi connectivity index (χ1v) is 12.7. The molecule has 0 fully saturated rings. The summed E-state index contributed by atoms with van der Waals surface area (Å²) in [5.41, 5.74) is 2.94. The summed E-state index contributed by atoms with van der Waals surface area (Å²) in [7, 11) is 3.09. The third-order valence-corrected chi connectivity index (χ3v) is 7.10. The molecule has 0 bridgehead atoms. The number of methoxy groups -OCH3 is 2. The van der Waals surface area contributed by atoms with E-state index in [4.69, 9.17) is 21.1 Å². The maximum Gasteiger partial charge on any atom is 0.255 e. The van der Waals surface area contributed by atoms with Gasteiger partial charge in [0.05, 0.1) is 31.9 Å². The number of nitrogens with one attached hydrogen (secondary N) is 1. The Morgan fingerprint density at radius 2 is 1.67 bits per heavy atom. The first kappa shape index (κ1) is 26.3. The summed E-state index contributed by atoms with van der Waals surface area (Å²) in [5, 5.41) is 3.42. The first-order valence-electron chi connectivity index (χ1n) is 12.3. The van der Waals surface area contributed by atoms with Crippen LogP contribution in [0.2, 0.25) is 5.02 Å². The Labute approximate surface area is 230 Å². The Bertz CT molecular complexity index is 1510. The molecule has 1 heterocycles. The van der Waals surface area contributed by atoms with E-state index in [1.807, 2.05) is 18.2 Å². The van der Waals surface area contributed by atoms with Crippen LogP contribution in [0.25, 0.3) is 0 Å². The van der Waals surface area contributed by atoms with E-state index in [2.05, 4.69) is 5.32 Å². The minimum absolute atomic E-state index is 0.175. The van der Waals surface area contributed by atoms with Crippen LogP contribution in [0, 0.1) is 5.82 Å². The van der Waals surface area contributed by atoms with Crippen molar-refractivity contribution in [1.29, 1.82) is 0 Å². The Hall–Kier alpha value is -4.36. The zero-order valence-corrected chi connectivity index (χ0v) is 22.1. The van der Waals surface area contributed by atoms with E-state index in [0.717, 1.165) is 11.1 Å². The van der Waals surface area contributed by atoms with Gasteiger partial charge in [0.2, 0.25) is 5.91 Å². The second kappa shape index (κ2) is 11.2. The van der Waals surface area contributed by atoms with Crippen molar-refractivity contribution in [2.75, 3.05) is 19.5 Å². The summed E-state index contributed by atoms with van der Waals surface area (Å²) < 4.78 is 24.4. The molecule has 0 aromatic heterocycles. The Morgan fingerprint density at radius 1 is 0.949 bits per heavy atom. The molecule has 0 saturated heterocycles. The number of amides is 2. The Morgan fingerprint density at radius 3 is 2.36 bits per heavy atom. The van der Waals surface area contributed by atoms with E-state index >= 15 is 0 Å². The number of anilines is 1. The highest BCUT2D eigenvalue weighted by Gasteiger charge is 2.44. The molecule has 1 N–H and O–H groups in total. The summed E-state index contributed by atoms with van der Waals surface area (Å²) in [6.45, 7) is 0.175. The van der Waals surface area contributed by atoms with Gasteiger partial charge in [-0.05, 0) is 65.2 Å². The van der Waals surface area contributed by atoms with Crippen molar-refractivity contribution < 1.29 is 23.5 Å². The normalized spacial score (nSPS) is 16.4. The number of rotatable bonds is 7. The van der Waals surface area contributed by atoms with Crippen molar-refractivity contribution in [3.63, 3.8) is 0 Å². The van der Waals surface area contributed by atoms with Gasteiger partial charge in [-0.15, -0.1) is 0 Å². The van der Waals surface area contributed by atoms with Crippen LogP contribution in [0.15, 0.2) is 91.0 Å². The highest BCUT2D eigenvalue weighted by molar-refractivity contribution is 6.31. The van der Waals surface area contributed by atoms with Crippen molar-refractivity contribution >= 4 is 29.1 Å². The number of hydrogen-bond acceptors (Lipinski definition) is 4. The fourth-order valence-electron chi connectivity index (χ4n) is 5.00. The number of hydrogen-bond donors (Lipinski definition) is 1. The van der Waals surface area contributed by atoms with Gasteiger partial charge in [0.15, 0.2) is 0 Å². The predicted octanol–water partition coefficient (Wildman–Crippen LogP) is 6.62. The van der Waals surface area contributed by atoms with Crippen LogP contribution < -0.4 is 14.8 Å². The van der Waals surface area contributed by atoms with E-state index in [-0.39, 0.29) is 24.2 Å². The first-order chi connectivity index (χ1) is 18.9. The van der Waals surface area contributed by atoms with E-state index in [0.29, 0.717) is 33.3 Å². The predicted molar refractivity (Wildman–Crippen MR) is 148 cm³/mol. The molecule has 198 valence electrons. The van der Waals surface area contributed by atoms with E-state index in [1.54, 1.807) is 72.7 Å². The summed E-state index contributed by atoms with van der Waals surface area (Å²) in [6.07, 6.45) is 0. The minimum atomic E-state index is -0.781. The lowest BCUT2D eigenvalue weighted by molar-refractivity contribution is -0.119. The van der Waals surface area contributed by atoms with Crippen LogP contribution in [-0.2, 0) is 11.3 Å². The lowest BCUT2D eigenvalue weighted by Gasteiger charge is -2.42. The summed E-state index contributed by atoms with van der Waals surface area (Å²) >= 11 is 6.22. The van der Waals surface area contributed by atoms with Crippen LogP contribution in [0.3, 0.4) is 0 Å². The molecule has 2 atom stereocenters. The highest BCUT2D eigenvalue weighted by atomic mass is 35.5. The Balaban J connectivity index is 1.64. The van der Waals surface area contributed by atoms with Gasteiger partial charge >= 0.3 is 0 Å². The molecule has 39 heavy (non-hydrogen) atoms. The van der Waals surface area contributed by atoms with E-state index in [9.17, 15) is 14.0 Å². The van der Waals surface area contributed by atoms with E-state index < -0.39 is 12.0 Å². The topological polar surface area (TPSA) is 67.9 Å². The molecular formula is C31H26ClFN2O4. The number of carbonyl (C=O) groups is 2. The van der Waals surface area contributed by atoms with Gasteiger partial charge in [0.1, 0.15) is 17.3 Å². The van der Waals surface area contributed by atoms with Crippen LogP contribution >= 0.6 is 11.6 Å². The summed E-state index contributed by atoms with van der Waals surface area (Å²) in [5.74, 6) is -0.599. The third kappa shape index (κ3) is 5.31. The fourth-order valence-corrected chi connectivity index (χ4v) is 5.17. The molecule has 4 aromatic carbocycles. The van der Waals surface area contributed by atoms with Gasteiger partial charge in [-0.1, -0.05) is 54.1 Å². The van der Waals surface area contributed by atoms with E-state index in [1.165, 1.54) is 19.2 Å². The molecule has 2 unspecified atom stereocenters. The fraction of sp³-hybridized carbons (Fsp3) is 0.161. The van der Waals surface area contributed by atoms with Crippen LogP contribution in [0.1, 0.15) is 39.0 Å². The molecule has 0 saturated carbocycles. The molecule has 0 aliphatic carbocycles. The molecule has 8 heteroatoms. The summed E-state index contributed by atoms with van der Waals surface area (Å²) in [6, 6.07) is 24.7. The van der Waals surface area contributed by atoms with Gasteiger partial charge in [0.25, 0.3) is 5.91 Å². The second-order valence-electron chi connectivity index (χ2n) is 9.18. The molecule has 1 aliphatic heterocycles. The van der Waals surface area contributed by atoms with Crippen LogP contribution in [-0.4, -0.2) is 30.9 Å². The largest absolute Gasteiger partial charge is 0.497 e. The van der Waals surface area contributed by atoms with Crippen molar-refractivity contribution in [3.05, 3.63) is 124 Å². The number of benzene rings is 4. The van der Waals surface area contributed by atoms with Crippen molar-refractivity contribution in [2.24, 2.45) is 0 Å². The number of ether oxygens (including phenoxy) is 2. The lowest BCUT2D eigenvalue weighted by Crippen LogP contribution is -2.45. The lowest BCUT2D eigenvalue weighted by atomic mass is 9.79. The molecule has 4 aromatic rings. The maximum absolute atomic E-state index is 14.1. The SMILES string of the molecule is COc1ccc(C2C(C(=O)Nc3cc(Cl)ccc3OC)c3ccccc3C(=O)N2Cc2ccc(F)cc2)cc1. The molecule has 1 aliphatic rings. The quantitative estimate of drug-likeness (QED) is 0.284. The molecule has 0 radical (unpaired) electrons. The van der Waals surface area contributed by atoms with Gasteiger partial charge in [-0.2, -0.15) is 0 Å². The standard InChI is InChI=1S/C31H26ClFN2O4/c1-38-23-14-9-20(10-15-23)29-28(30(36)34-26-17-21(32)11-16-27(26)39-2)24-5-3-4-6-25(24)31(37)35(29)18-19-7-12-22(33)13-8-19/h3-17,28-29H,18H2,1-2H3,(H,34,36). The number of halogens is 2. The van der Waals surface area contributed by atoms with Crippen LogP contribution in [0.5, 0.6) is 11.5 Å². The minimum Gasteiger partial charge on any atom is -0.497 e. The molecule has 6 nitrogen and oxygen atoms in total.